The summed E-state index contributed by atoms with van der Waals surface area (Å²) in [5.74, 6) is 0.459. The zero-order valence-electron chi connectivity index (χ0n) is 8.20. The van der Waals surface area contributed by atoms with E-state index in [1.165, 1.54) is 5.57 Å². The second kappa shape index (κ2) is 5.06. The molecule has 0 unspecified atom stereocenters. The third-order valence-corrected chi connectivity index (χ3v) is 1.75. The van der Waals surface area contributed by atoms with Crippen LogP contribution in [0.15, 0.2) is 33.8 Å². The van der Waals surface area contributed by atoms with E-state index in [4.69, 9.17) is 11.5 Å². The van der Waals surface area contributed by atoms with Gasteiger partial charge in [-0.3, -0.25) is 4.99 Å². The van der Waals surface area contributed by atoms with Crippen LogP contribution in [0.2, 0.25) is 0 Å². The van der Waals surface area contributed by atoms with Gasteiger partial charge in [0.2, 0.25) is 5.96 Å². The largest absolute Gasteiger partial charge is 0.370 e. The Morgan fingerprint density at radius 1 is 1.57 bits per heavy atom. The molecule has 0 aliphatic heterocycles. The van der Waals surface area contributed by atoms with Crippen LogP contribution in [0.4, 0.5) is 0 Å². The van der Waals surface area contributed by atoms with E-state index in [9.17, 15) is 0 Å². The summed E-state index contributed by atoms with van der Waals surface area (Å²) in [5, 5.41) is 3.03. The maximum Gasteiger partial charge on any atom is 0.221 e. The standard InChI is InChI=1S/C9H15N5/c1-12-9(14-8(10)11)13-6-7-4-2-3-5-7/h2,4-5H,3,6H2,1H3,(H5,10,11,12,13,14). The van der Waals surface area contributed by atoms with Crippen molar-refractivity contribution in [3.8, 4) is 0 Å². The zero-order chi connectivity index (χ0) is 10.4. The van der Waals surface area contributed by atoms with Crippen molar-refractivity contribution in [3.63, 3.8) is 0 Å². The SMILES string of the molecule is CN=C(N=C(N)N)NCC1=CCC=C1. The van der Waals surface area contributed by atoms with E-state index < -0.39 is 0 Å². The number of nitrogens with zero attached hydrogens (tertiary/aromatic N) is 2. The fourth-order valence-electron chi connectivity index (χ4n) is 1.11. The van der Waals surface area contributed by atoms with Crippen LogP contribution in [0, 0.1) is 0 Å². The molecule has 1 aliphatic carbocycles. The van der Waals surface area contributed by atoms with E-state index in [1.807, 2.05) is 0 Å². The minimum atomic E-state index is 0.00837. The first-order valence-corrected chi connectivity index (χ1v) is 4.38. The molecule has 0 fully saturated rings. The smallest absolute Gasteiger partial charge is 0.221 e. The molecule has 1 rings (SSSR count). The molecule has 5 N–H and O–H groups in total. The summed E-state index contributed by atoms with van der Waals surface area (Å²) >= 11 is 0. The van der Waals surface area contributed by atoms with Gasteiger partial charge in [-0.05, 0) is 12.0 Å². The lowest BCUT2D eigenvalue weighted by Crippen LogP contribution is -2.30. The van der Waals surface area contributed by atoms with E-state index in [2.05, 4.69) is 33.5 Å². The maximum atomic E-state index is 5.23. The van der Waals surface area contributed by atoms with Gasteiger partial charge >= 0.3 is 0 Å². The second-order valence-corrected chi connectivity index (χ2v) is 2.85. The van der Waals surface area contributed by atoms with Gasteiger partial charge < -0.3 is 16.8 Å². The van der Waals surface area contributed by atoms with Gasteiger partial charge in [-0.15, -0.1) is 0 Å². The molecule has 0 radical (unpaired) electrons. The van der Waals surface area contributed by atoms with Crippen LogP contribution in [0.3, 0.4) is 0 Å². The van der Waals surface area contributed by atoms with Crippen LogP contribution in [-0.2, 0) is 0 Å². The molecule has 0 atom stereocenters. The Morgan fingerprint density at radius 2 is 2.36 bits per heavy atom. The number of hydrogen-bond acceptors (Lipinski definition) is 1. The summed E-state index contributed by atoms with van der Waals surface area (Å²) in [7, 11) is 1.63. The van der Waals surface area contributed by atoms with Gasteiger partial charge in [0.25, 0.3) is 0 Å². The maximum absolute atomic E-state index is 5.23. The Kier molecular flexibility index (Phi) is 3.72. The average molecular weight is 193 g/mol. The quantitative estimate of drug-likeness (QED) is 0.416. The molecule has 0 spiro atoms. The van der Waals surface area contributed by atoms with Crippen molar-refractivity contribution in [1.29, 1.82) is 0 Å². The molecular formula is C9H15N5. The monoisotopic (exact) mass is 193 g/mol. The average Bonchev–Trinajstić information content (AvgIpc) is 2.64. The van der Waals surface area contributed by atoms with Gasteiger partial charge in [0.15, 0.2) is 5.96 Å². The highest BCUT2D eigenvalue weighted by Crippen LogP contribution is 2.06. The summed E-state index contributed by atoms with van der Waals surface area (Å²) in [5.41, 5.74) is 11.7. The van der Waals surface area contributed by atoms with Gasteiger partial charge in [-0.25, -0.2) is 0 Å². The minimum Gasteiger partial charge on any atom is -0.370 e. The first-order valence-electron chi connectivity index (χ1n) is 4.38. The van der Waals surface area contributed by atoms with Crippen LogP contribution < -0.4 is 16.8 Å². The van der Waals surface area contributed by atoms with Crippen molar-refractivity contribution in [1.82, 2.24) is 5.32 Å². The molecule has 14 heavy (non-hydrogen) atoms. The molecule has 0 aromatic heterocycles. The topological polar surface area (TPSA) is 88.8 Å². The Labute approximate surface area is 83.3 Å². The number of guanidine groups is 2. The molecule has 76 valence electrons. The fourth-order valence-corrected chi connectivity index (χ4v) is 1.11. The molecule has 0 saturated carbocycles. The Morgan fingerprint density at radius 3 is 2.86 bits per heavy atom. The molecule has 0 amide bonds. The molecule has 0 bridgehead atoms. The second-order valence-electron chi connectivity index (χ2n) is 2.85. The molecule has 0 aromatic carbocycles. The minimum absolute atomic E-state index is 0.00837. The van der Waals surface area contributed by atoms with E-state index in [-0.39, 0.29) is 5.96 Å². The molecule has 0 heterocycles. The Hall–Kier alpha value is -1.78. The first kappa shape index (κ1) is 10.3. The lowest BCUT2D eigenvalue weighted by atomic mass is 10.3. The van der Waals surface area contributed by atoms with E-state index in [0.29, 0.717) is 12.5 Å². The van der Waals surface area contributed by atoms with Gasteiger partial charge in [-0.1, -0.05) is 18.2 Å². The van der Waals surface area contributed by atoms with Crippen molar-refractivity contribution < 1.29 is 0 Å². The number of aliphatic imine (C=N–C) groups is 2. The number of hydrogen-bond donors (Lipinski definition) is 3. The van der Waals surface area contributed by atoms with Gasteiger partial charge in [0, 0.05) is 13.6 Å². The highest BCUT2D eigenvalue weighted by Gasteiger charge is 1.99. The normalized spacial score (nSPS) is 15.2. The van der Waals surface area contributed by atoms with Crippen LogP contribution in [0.1, 0.15) is 6.42 Å². The highest BCUT2D eigenvalue weighted by molar-refractivity contribution is 5.93. The molecule has 5 nitrogen and oxygen atoms in total. The predicted octanol–water partition coefficient (Wildman–Crippen LogP) is -0.278. The fraction of sp³-hybridized carbons (Fsp3) is 0.333. The van der Waals surface area contributed by atoms with Crippen LogP contribution in [-0.4, -0.2) is 25.5 Å². The Bertz CT molecular complexity index is 307. The van der Waals surface area contributed by atoms with Crippen LogP contribution in [0.25, 0.3) is 0 Å². The van der Waals surface area contributed by atoms with Crippen molar-refractivity contribution in [2.24, 2.45) is 21.5 Å². The van der Waals surface area contributed by atoms with Crippen LogP contribution in [0.5, 0.6) is 0 Å². The summed E-state index contributed by atoms with van der Waals surface area (Å²) in [4.78, 5) is 7.71. The molecular weight excluding hydrogens is 178 g/mol. The number of allylic oxidation sites excluding steroid dienone is 2. The van der Waals surface area contributed by atoms with E-state index in [1.54, 1.807) is 7.05 Å². The van der Waals surface area contributed by atoms with Crippen LogP contribution >= 0.6 is 0 Å². The highest BCUT2D eigenvalue weighted by atomic mass is 15.2. The summed E-state index contributed by atoms with van der Waals surface area (Å²) in [6.07, 6.45) is 7.30. The Balaban J connectivity index is 2.43. The number of nitrogens with one attached hydrogen (secondary N) is 1. The number of rotatable bonds is 2. The van der Waals surface area contributed by atoms with Crippen molar-refractivity contribution in [3.05, 3.63) is 23.8 Å². The van der Waals surface area contributed by atoms with Crippen molar-refractivity contribution >= 4 is 11.9 Å². The van der Waals surface area contributed by atoms with Gasteiger partial charge in [-0.2, -0.15) is 4.99 Å². The van der Waals surface area contributed by atoms with E-state index in [0.717, 1.165) is 6.42 Å². The van der Waals surface area contributed by atoms with Gasteiger partial charge in [0.1, 0.15) is 0 Å². The zero-order valence-corrected chi connectivity index (χ0v) is 8.20. The predicted molar refractivity (Wildman–Crippen MR) is 59.0 cm³/mol. The third-order valence-electron chi connectivity index (χ3n) is 1.75. The lowest BCUT2D eigenvalue weighted by molar-refractivity contribution is 0.985. The van der Waals surface area contributed by atoms with Crippen molar-refractivity contribution in [2.45, 2.75) is 6.42 Å². The molecule has 5 heteroatoms. The summed E-state index contributed by atoms with van der Waals surface area (Å²) in [6.45, 7) is 0.694. The molecule has 1 aliphatic rings. The summed E-state index contributed by atoms with van der Waals surface area (Å²) in [6, 6.07) is 0. The molecule has 0 saturated heterocycles. The van der Waals surface area contributed by atoms with Crippen molar-refractivity contribution in [2.75, 3.05) is 13.6 Å². The first-order chi connectivity index (χ1) is 6.72. The number of nitrogens with two attached hydrogens (primary N) is 2. The third kappa shape index (κ3) is 3.30. The summed E-state index contributed by atoms with van der Waals surface area (Å²) < 4.78 is 0. The van der Waals surface area contributed by atoms with E-state index >= 15 is 0 Å². The lowest BCUT2D eigenvalue weighted by Gasteiger charge is -2.04. The molecule has 0 aromatic rings. The van der Waals surface area contributed by atoms with Gasteiger partial charge in [0.05, 0.1) is 0 Å².